The minimum atomic E-state index is -4.86. The molecule has 1 saturated heterocycles. The molecule has 146 valence electrons. The fourth-order valence-corrected chi connectivity index (χ4v) is 5.95. The Labute approximate surface area is 149 Å². The Bertz CT molecular complexity index is 857. The largest absolute Gasteiger partial charge is 0.573 e. The summed E-state index contributed by atoms with van der Waals surface area (Å²) in [5, 5.41) is -0.355. The molecule has 1 heterocycles. The minimum Gasteiger partial charge on any atom is -0.406 e. The maximum absolute atomic E-state index is 12.6. The number of ether oxygens (including phenoxy) is 1. The van der Waals surface area contributed by atoms with Gasteiger partial charge in [0.05, 0.1) is 10.1 Å². The second kappa shape index (κ2) is 6.66. The lowest BCUT2D eigenvalue weighted by atomic mass is 10.3. The third kappa shape index (κ3) is 4.13. The van der Waals surface area contributed by atoms with Crippen LogP contribution in [0.3, 0.4) is 0 Å². The van der Waals surface area contributed by atoms with E-state index >= 15 is 0 Å². The van der Waals surface area contributed by atoms with Crippen LogP contribution < -0.4 is 4.74 Å². The van der Waals surface area contributed by atoms with Crippen molar-refractivity contribution in [1.82, 2.24) is 8.61 Å². The molecule has 3 rings (SSSR count). The van der Waals surface area contributed by atoms with Gasteiger partial charge in [-0.1, -0.05) is 0 Å². The van der Waals surface area contributed by atoms with E-state index in [-0.39, 0.29) is 36.3 Å². The normalized spacial score (nSPS) is 20.9. The molecule has 7 nitrogen and oxygen atoms in total. The van der Waals surface area contributed by atoms with Crippen molar-refractivity contribution in [3.05, 3.63) is 24.3 Å². The summed E-state index contributed by atoms with van der Waals surface area (Å²) in [5.41, 5.74) is 0. The molecule has 26 heavy (non-hydrogen) atoms. The molecule has 1 aromatic rings. The van der Waals surface area contributed by atoms with Gasteiger partial charge in [-0.3, -0.25) is 0 Å². The first-order valence-corrected chi connectivity index (χ1v) is 10.8. The van der Waals surface area contributed by atoms with Crippen LogP contribution in [0.5, 0.6) is 5.75 Å². The van der Waals surface area contributed by atoms with E-state index in [0.717, 1.165) is 28.6 Å². The molecule has 12 heteroatoms. The summed E-state index contributed by atoms with van der Waals surface area (Å²) in [7, 11) is -7.28. The lowest BCUT2D eigenvalue weighted by Gasteiger charge is -2.33. The van der Waals surface area contributed by atoms with Gasteiger partial charge >= 0.3 is 6.36 Å². The molecule has 0 amide bonds. The zero-order chi connectivity index (χ0) is 19.2. The van der Waals surface area contributed by atoms with Crippen LogP contribution in [0.1, 0.15) is 12.8 Å². The number of halogens is 3. The Balaban J connectivity index is 1.67. The van der Waals surface area contributed by atoms with Crippen molar-refractivity contribution in [3.63, 3.8) is 0 Å². The van der Waals surface area contributed by atoms with Crippen molar-refractivity contribution < 1.29 is 34.7 Å². The van der Waals surface area contributed by atoms with Crippen LogP contribution in [0.15, 0.2) is 29.2 Å². The molecule has 1 aliphatic heterocycles. The number of nitrogens with zero attached hydrogens (tertiary/aromatic N) is 2. The summed E-state index contributed by atoms with van der Waals surface area (Å²) in [5.74, 6) is -0.517. The van der Waals surface area contributed by atoms with Crippen molar-refractivity contribution in [3.8, 4) is 5.75 Å². The molecule has 2 fully saturated rings. The zero-order valence-corrected chi connectivity index (χ0v) is 15.1. The van der Waals surface area contributed by atoms with E-state index in [9.17, 15) is 30.0 Å². The van der Waals surface area contributed by atoms with E-state index in [1.54, 1.807) is 0 Å². The zero-order valence-electron chi connectivity index (χ0n) is 13.5. The van der Waals surface area contributed by atoms with Crippen molar-refractivity contribution in [2.75, 3.05) is 26.2 Å². The molecule has 0 atom stereocenters. The van der Waals surface area contributed by atoms with Crippen LogP contribution in [0.2, 0.25) is 0 Å². The minimum absolute atomic E-state index is 0.00488. The van der Waals surface area contributed by atoms with Crippen LogP contribution in [-0.2, 0) is 20.0 Å². The predicted molar refractivity (Wildman–Crippen MR) is 85.4 cm³/mol. The van der Waals surface area contributed by atoms with Crippen LogP contribution >= 0.6 is 0 Å². The molecule has 0 bridgehead atoms. The maximum Gasteiger partial charge on any atom is 0.573 e. The lowest BCUT2D eigenvalue weighted by Crippen LogP contribution is -2.51. The first-order chi connectivity index (χ1) is 12.0. The van der Waals surface area contributed by atoms with Gasteiger partial charge in [-0.25, -0.2) is 16.8 Å². The average molecular weight is 414 g/mol. The van der Waals surface area contributed by atoms with E-state index < -0.39 is 32.2 Å². The van der Waals surface area contributed by atoms with E-state index in [4.69, 9.17) is 0 Å². The first kappa shape index (κ1) is 19.4. The molecule has 2 aliphatic rings. The van der Waals surface area contributed by atoms with E-state index in [0.29, 0.717) is 12.8 Å². The number of benzene rings is 1. The molecule has 0 spiro atoms. The number of rotatable bonds is 5. The predicted octanol–water partition coefficient (Wildman–Crippen LogP) is 1.38. The highest BCUT2D eigenvalue weighted by Gasteiger charge is 2.42. The van der Waals surface area contributed by atoms with Crippen LogP contribution in [0, 0.1) is 0 Å². The summed E-state index contributed by atoms with van der Waals surface area (Å²) in [6.07, 6.45) is -3.59. The highest BCUT2D eigenvalue weighted by Crippen LogP contribution is 2.32. The number of hydrogen-bond acceptors (Lipinski definition) is 5. The third-order valence-electron chi connectivity index (χ3n) is 4.20. The fourth-order valence-electron chi connectivity index (χ4n) is 2.70. The molecular formula is C14H17F3N2O5S2. The van der Waals surface area contributed by atoms with Gasteiger partial charge in [-0.05, 0) is 37.1 Å². The number of piperazine rings is 1. The maximum atomic E-state index is 12.6. The van der Waals surface area contributed by atoms with E-state index in [2.05, 4.69) is 4.74 Å². The van der Waals surface area contributed by atoms with E-state index in [1.807, 2.05) is 0 Å². The summed E-state index contributed by atoms with van der Waals surface area (Å²) in [4.78, 5) is -0.175. The van der Waals surface area contributed by atoms with Gasteiger partial charge in [0, 0.05) is 26.2 Å². The van der Waals surface area contributed by atoms with Gasteiger partial charge in [-0.15, -0.1) is 13.2 Å². The quantitative estimate of drug-likeness (QED) is 0.727. The Kier molecular flexibility index (Phi) is 4.97. The van der Waals surface area contributed by atoms with E-state index in [1.165, 1.54) is 4.31 Å². The van der Waals surface area contributed by atoms with Crippen LogP contribution in [0.25, 0.3) is 0 Å². The molecule has 1 aromatic carbocycles. The Morgan fingerprint density at radius 1 is 0.885 bits per heavy atom. The highest BCUT2D eigenvalue weighted by atomic mass is 32.2. The van der Waals surface area contributed by atoms with Gasteiger partial charge in [0.15, 0.2) is 0 Å². The van der Waals surface area contributed by atoms with Crippen LogP contribution in [0.4, 0.5) is 13.2 Å². The molecule has 1 aliphatic carbocycles. The summed E-state index contributed by atoms with van der Waals surface area (Å²) in [6, 6.07) is 3.91. The molecule has 0 radical (unpaired) electrons. The monoisotopic (exact) mass is 414 g/mol. The van der Waals surface area contributed by atoms with Crippen molar-refractivity contribution in [2.45, 2.75) is 29.3 Å². The molecule has 0 N–H and O–H groups in total. The smallest absolute Gasteiger partial charge is 0.406 e. The second-order valence-electron chi connectivity index (χ2n) is 6.07. The number of alkyl halides is 3. The fraction of sp³-hybridized carbons (Fsp3) is 0.571. The highest BCUT2D eigenvalue weighted by molar-refractivity contribution is 7.90. The van der Waals surface area contributed by atoms with Gasteiger partial charge < -0.3 is 4.74 Å². The van der Waals surface area contributed by atoms with Crippen molar-refractivity contribution in [1.29, 1.82) is 0 Å². The molecular weight excluding hydrogens is 397 g/mol. The standard InChI is InChI=1S/C14H17F3N2O5S2/c15-14(16,17)24-11-1-3-12(4-2-11)25(20,21)18-7-9-19(10-8-18)26(22,23)13-5-6-13/h1-4,13H,5-10H2. The Morgan fingerprint density at radius 2 is 1.38 bits per heavy atom. The molecule has 0 aromatic heterocycles. The summed E-state index contributed by atoms with van der Waals surface area (Å²) in [6.45, 7) is 0.116. The summed E-state index contributed by atoms with van der Waals surface area (Å²) >= 11 is 0. The first-order valence-electron chi connectivity index (χ1n) is 7.85. The second-order valence-corrected chi connectivity index (χ2v) is 10.2. The number of hydrogen-bond donors (Lipinski definition) is 0. The van der Waals surface area contributed by atoms with Crippen molar-refractivity contribution >= 4 is 20.0 Å². The van der Waals surface area contributed by atoms with Gasteiger partial charge in [0.2, 0.25) is 20.0 Å². The Hall–Kier alpha value is -1.37. The average Bonchev–Trinajstić information content (AvgIpc) is 3.39. The van der Waals surface area contributed by atoms with Gasteiger partial charge in [-0.2, -0.15) is 8.61 Å². The number of sulfonamides is 2. The van der Waals surface area contributed by atoms with Crippen LogP contribution in [-0.4, -0.2) is 63.2 Å². The SMILES string of the molecule is O=S(=O)(c1ccc(OC(F)(F)F)cc1)N1CCN(S(=O)(=O)C2CC2)CC1. The van der Waals surface area contributed by atoms with Gasteiger partial charge in [0.1, 0.15) is 5.75 Å². The molecule has 0 unspecified atom stereocenters. The topological polar surface area (TPSA) is 84.0 Å². The molecule has 1 saturated carbocycles. The lowest BCUT2D eigenvalue weighted by molar-refractivity contribution is -0.274. The third-order valence-corrected chi connectivity index (χ3v) is 8.51. The summed E-state index contributed by atoms with van der Waals surface area (Å²) < 4.78 is 92.1. The van der Waals surface area contributed by atoms with Crippen molar-refractivity contribution in [2.24, 2.45) is 0 Å². The van der Waals surface area contributed by atoms with Gasteiger partial charge in [0.25, 0.3) is 0 Å². The Morgan fingerprint density at radius 3 is 1.85 bits per heavy atom.